The molecule has 1 fully saturated rings. The van der Waals surface area contributed by atoms with E-state index in [1.807, 2.05) is 6.07 Å². The molecule has 0 radical (unpaired) electrons. The van der Waals surface area contributed by atoms with Crippen molar-refractivity contribution in [3.8, 4) is 17.6 Å². The van der Waals surface area contributed by atoms with E-state index in [1.54, 1.807) is 30.7 Å². The number of nitriles is 1. The average Bonchev–Trinajstić information content (AvgIpc) is 3.45. The van der Waals surface area contributed by atoms with Crippen LogP contribution in [0.5, 0.6) is 5.75 Å². The van der Waals surface area contributed by atoms with Gasteiger partial charge in [0.25, 0.3) is 0 Å². The number of halogens is 2. The second-order valence-electron chi connectivity index (χ2n) is 8.69. The highest BCUT2D eigenvalue weighted by Crippen LogP contribution is 2.33. The molecule has 37 heavy (non-hydrogen) atoms. The second-order valence-corrected chi connectivity index (χ2v) is 8.69. The number of nitrogens with zero attached hydrogens (tertiary/aromatic N) is 8. The maximum Gasteiger partial charge on any atom is 0.341 e. The van der Waals surface area contributed by atoms with Crippen LogP contribution in [-0.4, -0.2) is 55.9 Å². The number of aromatic nitrogens is 3. The number of hydrogen-bond donors (Lipinski definition) is 0. The van der Waals surface area contributed by atoms with E-state index in [9.17, 15) is 18.8 Å². The molecule has 2 aliphatic heterocycles. The molecule has 10 nitrogen and oxygen atoms in total. The molecule has 5 rings (SSSR count). The monoisotopic (exact) mass is 502 g/mol. The van der Waals surface area contributed by atoms with E-state index in [0.29, 0.717) is 29.3 Å². The van der Waals surface area contributed by atoms with Crippen molar-refractivity contribution in [2.75, 3.05) is 13.1 Å². The summed E-state index contributed by atoms with van der Waals surface area (Å²) in [6, 6.07) is 6.51. The highest BCUT2D eigenvalue weighted by Gasteiger charge is 2.39. The Balaban J connectivity index is 1.27. The summed E-state index contributed by atoms with van der Waals surface area (Å²) in [4.78, 5) is 26.1. The van der Waals surface area contributed by atoms with Crippen LogP contribution in [0, 0.1) is 43.4 Å². The van der Waals surface area contributed by atoms with Crippen LogP contribution in [0.4, 0.5) is 19.3 Å². The van der Waals surface area contributed by atoms with Crippen LogP contribution in [0.25, 0.3) is 10.7 Å². The number of imidazole rings is 1. The van der Waals surface area contributed by atoms with Gasteiger partial charge in [-0.1, -0.05) is 6.07 Å². The Hall–Kier alpha value is -4.84. The minimum Gasteiger partial charge on any atom is -0.483 e. The van der Waals surface area contributed by atoms with Gasteiger partial charge in [-0.3, -0.25) is 4.57 Å². The standard InChI is InChI=1S/C25H20F2N8O2/c1-14-21(10-28)32-15(2)34(14)24-9-23(20(27)11-30-24)37-19-12-33(13-19)25(36)35-22(4-5-31-35)16-6-17(26)8-18(7-16)29-3/h5-9,11,19,22H,4,12-13H2,1-2H3/t22-/m0/s1. The first-order valence-corrected chi connectivity index (χ1v) is 11.4. The predicted molar refractivity (Wildman–Crippen MR) is 127 cm³/mol. The van der Waals surface area contributed by atoms with Crippen molar-refractivity contribution in [2.45, 2.75) is 32.4 Å². The summed E-state index contributed by atoms with van der Waals surface area (Å²) in [5, 5.41) is 14.6. The molecule has 2 amide bonds. The Morgan fingerprint density at radius 1 is 1.24 bits per heavy atom. The summed E-state index contributed by atoms with van der Waals surface area (Å²) in [7, 11) is 0. The van der Waals surface area contributed by atoms with Gasteiger partial charge in [0.1, 0.15) is 29.6 Å². The fourth-order valence-electron chi connectivity index (χ4n) is 4.43. The molecule has 1 saturated heterocycles. The zero-order valence-electron chi connectivity index (χ0n) is 19.9. The van der Waals surface area contributed by atoms with Gasteiger partial charge in [0, 0.05) is 18.7 Å². The number of hydrogen-bond acceptors (Lipinski definition) is 6. The molecule has 1 atom stereocenters. The molecule has 2 aromatic heterocycles. The number of benzene rings is 1. The highest BCUT2D eigenvalue weighted by molar-refractivity contribution is 5.79. The van der Waals surface area contributed by atoms with Gasteiger partial charge in [-0.25, -0.2) is 33.4 Å². The molecule has 3 aromatic rings. The Morgan fingerprint density at radius 3 is 2.73 bits per heavy atom. The minimum atomic E-state index is -0.657. The number of amides is 2. The number of rotatable bonds is 4. The normalized spacial score (nSPS) is 16.9. The zero-order chi connectivity index (χ0) is 26.3. The minimum absolute atomic E-state index is 0.0309. The van der Waals surface area contributed by atoms with Crippen molar-refractivity contribution in [3.63, 3.8) is 0 Å². The lowest BCUT2D eigenvalue weighted by atomic mass is 10.0. The van der Waals surface area contributed by atoms with Gasteiger partial charge in [-0.05, 0) is 31.5 Å². The summed E-state index contributed by atoms with van der Waals surface area (Å²) in [6.45, 7) is 11.0. The Bertz CT molecular complexity index is 1510. The number of hydrazone groups is 1. The molecular formula is C25H20F2N8O2. The Morgan fingerprint density at radius 2 is 2.03 bits per heavy atom. The zero-order valence-corrected chi connectivity index (χ0v) is 19.9. The molecule has 0 N–H and O–H groups in total. The quantitative estimate of drug-likeness (QED) is 0.498. The number of aryl methyl sites for hydroxylation is 1. The van der Waals surface area contributed by atoms with Gasteiger partial charge >= 0.3 is 6.03 Å². The van der Waals surface area contributed by atoms with Gasteiger partial charge in [0.2, 0.25) is 0 Å². The molecule has 4 heterocycles. The number of ether oxygens (including phenoxy) is 1. The number of urea groups is 1. The molecule has 0 bridgehead atoms. The predicted octanol–water partition coefficient (Wildman–Crippen LogP) is 4.20. The SMILES string of the molecule is [C-]#[N+]c1cc(F)cc([C@@H]2CC=NN2C(=O)N2CC(Oc3cc(-n4c(C)nc(C#N)c4C)ncc3F)C2)c1. The Kier molecular flexibility index (Phi) is 6.01. The topological polar surface area (TPSA) is 104 Å². The molecule has 0 unspecified atom stereocenters. The van der Waals surface area contributed by atoms with E-state index in [4.69, 9.17) is 11.3 Å². The van der Waals surface area contributed by atoms with E-state index in [2.05, 4.69) is 19.9 Å². The summed E-state index contributed by atoms with van der Waals surface area (Å²) in [6.07, 6.45) is 2.55. The lowest BCUT2D eigenvalue weighted by Gasteiger charge is -2.41. The fourth-order valence-corrected chi connectivity index (χ4v) is 4.43. The van der Waals surface area contributed by atoms with Crippen molar-refractivity contribution < 1.29 is 18.3 Å². The van der Waals surface area contributed by atoms with Crippen LogP contribution >= 0.6 is 0 Å². The van der Waals surface area contributed by atoms with Crippen LogP contribution in [0.1, 0.15) is 35.2 Å². The first kappa shape index (κ1) is 23.9. The average molecular weight is 502 g/mol. The van der Waals surface area contributed by atoms with Crippen molar-refractivity contribution in [1.82, 2.24) is 24.4 Å². The number of carbonyl (C=O) groups is 1. The fraction of sp³-hybridized carbons (Fsp3) is 0.280. The van der Waals surface area contributed by atoms with E-state index in [1.165, 1.54) is 22.0 Å². The third-order valence-electron chi connectivity index (χ3n) is 6.27. The van der Waals surface area contributed by atoms with Gasteiger partial charge in [-0.2, -0.15) is 10.4 Å². The molecule has 12 heteroatoms. The molecular weight excluding hydrogens is 482 g/mol. The lowest BCUT2D eigenvalue weighted by molar-refractivity contribution is 0.0256. The third-order valence-corrected chi connectivity index (χ3v) is 6.27. The van der Waals surface area contributed by atoms with Crippen molar-refractivity contribution >= 4 is 17.9 Å². The lowest BCUT2D eigenvalue weighted by Crippen LogP contribution is -2.58. The van der Waals surface area contributed by atoms with Gasteiger partial charge in [-0.15, -0.1) is 0 Å². The smallest absolute Gasteiger partial charge is 0.341 e. The maximum atomic E-state index is 14.5. The van der Waals surface area contributed by atoms with Crippen molar-refractivity contribution in [1.29, 1.82) is 5.26 Å². The van der Waals surface area contributed by atoms with E-state index in [-0.39, 0.29) is 30.2 Å². The first-order valence-electron chi connectivity index (χ1n) is 11.4. The summed E-state index contributed by atoms with van der Waals surface area (Å²) in [5.41, 5.74) is 1.47. The highest BCUT2D eigenvalue weighted by atomic mass is 19.1. The number of pyridine rings is 1. The van der Waals surface area contributed by atoms with Crippen LogP contribution in [0.2, 0.25) is 0 Å². The molecule has 2 aliphatic rings. The molecule has 186 valence electrons. The molecule has 0 aliphatic carbocycles. The number of carbonyl (C=O) groups excluding carboxylic acids is 1. The van der Waals surface area contributed by atoms with E-state index >= 15 is 0 Å². The molecule has 0 spiro atoms. The van der Waals surface area contributed by atoms with Crippen LogP contribution < -0.4 is 4.74 Å². The second kappa shape index (κ2) is 9.32. The maximum absolute atomic E-state index is 14.5. The first-order chi connectivity index (χ1) is 17.8. The third kappa shape index (κ3) is 4.34. The van der Waals surface area contributed by atoms with Crippen LogP contribution in [0.15, 0.2) is 35.6 Å². The van der Waals surface area contributed by atoms with Gasteiger partial charge in [0.15, 0.2) is 22.9 Å². The summed E-state index contributed by atoms with van der Waals surface area (Å²) >= 11 is 0. The number of likely N-dealkylation sites (tertiary alicyclic amines) is 1. The Labute approximate surface area is 210 Å². The van der Waals surface area contributed by atoms with E-state index in [0.717, 1.165) is 12.3 Å². The summed E-state index contributed by atoms with van der Waals surface area (Å²) in [5.74, 6) is -0.353. The van der Waals surface area contributed by atoms with Crippen molar-refractivity contribution in [3.05, 3.63) is 76.3 Å². The van der Waals surface area contributed by atoms with E-state index < -0.39 is 29.8 Å². The van der Waals surface area contributed by atoms with Crippen LogP contribution in [0.3, 0.4) is 0 Å². The van der Waals surface area contributed by atoms with Crippen molar-refractivity contribution in [2.24, 2.45) is 5.10 Å². The van der Waals surface area contributed by atoms with Gasteiger partial charge < -0.3 is 9.64 Å². The largest absolute Gasteiger partial charge is 0.483 e. The molecule has 0 saturated carbocycles. The van der Waals surface area contributed by atoms with Crippen LogP contribution in [-0.2, 0) is 0 Å². The summed E-state index contributed by atoms with van der Waals surface area (Å²) < 4.78 is 35.9. The van der Waals surface area contributed by atoms with Gasteiger partial charge in [0.05, 0.1) is 37.6 Å². The molecule has 1 aromatic carbocycles.